The van der Waals surface area contributed by atoms with Gasteiger partial charge in [0.2, 0.25) is 0 Å². The average molecular weight is 460 g/mol. The number of aromatic nitrogens is 1. The molecule has 7 heteroatoms. The highest BCUT2D eigenvalue weighted by Gasteiger charge is 2.12. The summed E-state index contributed by atoms with van der Waals surface area (Å²) in [4.78, 5) is 17.1. The molecule has 0 atom stereocenters. The Kier molecular flexibility index (Phi) is 5.88. The van der Waals surface area contributed by atoms with Crippen molar-refractivity contribution < 1.29 is 4.79 Å². The SMILES string of the molecule is O=C(Nc1ccc(-c2csc(-c3ccc(Cl)cc3)n2)cc1)c1cc(Cl)ccc1Cl. The third-order valence-corrected chi connectivity index (χ3v) is 5.91. The summed E-state index contributed by atoms with van der Waals surface area (Å²) in [6.45, 7) is 0. The lowest BCUT2D eigenvalue weighted by molar-refractivity contribution is 0.102. The number of thiazole rings is 1. The zero-order chi connectivity index (χ0) is 20.4. The molecule has 0 saturated heterocycles. The number of hydrogen-bond donors (Lipinski definition) is 1. The normalized spacial score (nSPS) is 10.7. The van der Waals surface area contributed by atoms with Crippen LogP contribution in [0.1, 0.15) is 10.4 Å². The molecule has 144 valence electrons. The summed E-state index contributed by atoms with van der Waals surface area (Å²) in [6, 6.07) is 19.9. The Hall–Kier alpha value is -2.37. The molecule has 4 aromatic rings. The molecular formula is C22H13Cl3N2OS. The van der Waals surface area contributed by atoms with Crippen molar-refractivity contribution in [3.8, 4) is 21.8 Å². The highest BCUT2D eigenvalue weighted by Crippen LogP contribution is 2.30. The molecule has 1 aromatic heterocycles. The van der Waals surface area contributed by atoms with Crippen LogP contribution in [0.15, 0.2) is 72.1 Å². The first-order chi connectivity index (χ1) is 14.0. The summed E-state index contributed by atoms with van der Waals surface area (Å²) in [5, 5.41) is 7.25. The molecule has 0 saturated carbocycles. The maximum Gasteiger partial charge on any atom is 0.257 e. The number of carbonyl (C=O) groups is 1. The lowest BCUT2D eigenvalue weighted by Gasteiger charge is -2.08. The Morgan fingerprint density at radius 3 is 2.21 bits per heavy atom. The van der Waals surface area contributed by atoms with E-state index in [-0.39, 0.29) is 5.91 Å². The van der Waals surface area contributed by atoms with E-state index >= 15 is 0 Å². The van der Waals surface area contributed by atoms with Crippen molar-refractivity contribution in [3.63, 3.8) is 0 Å². The van der Waals surface area contributed by atoms with Gasteiger partial charge in [-0.1, -0.05) is 59.1 Å². The number of nitrogens with zero attached hydrogens (tertiary/aromatic N) is 1. The lowest BCUT2D eigenvalue weighted by Crippen LogP contribution is -2.12. The minimum absolute atomic E-state index is 0.316. The molecule has 0 unspecified atom stereocenters. The standard InChI is InChI=1S/C22H13Cl3N2OS/c23-15-5-1-14(2-6-15)22-27-20(12-29-22)13-3-8-17(9-4-13)26-21(28)18-11-16(24)7-10-19(18)25/h1-12H,(H,26,28). The number of rotatable bonds is 4. The van der Waals surface area contributed by atoms with Crippen LogP contribution in [0.2, 0.25) is 15.1 Å². The monoisotopic (exact) mass is 458 g/mol. The van der Waals surface area contributed by atoms with Gasteiger partial charge < -0.3 is 5.32 Å². The smallest absolute Gasteiger partial charge is 0.257 e. The van der Waals surface area contributed by atoms with Gasteiger partial charge >= 0.3 is 0 Å². The van der Waals surface area contributed by atoms with Crippen molar-refractivity contribution in [2.45, 2.75) is 0 Å². The molecule has 0 aliphatic rings. The Bertz CT molecular complexity index is 1170. The van der Waals surface area contributed by atoms with E-state index in [2.05, 4.69) is 5.32 Å². The molecule has 0 aliphatic carbocycles. The van der Waals surface area contributed by atoms with Crippen LogP contribution in [-0.4, -0.2) is 10.9 Å². The average Bonchev–Trinajstić information content (AvgIpc) is 3.21. The Morgan fingerprint density at radius 1 is 0.828 bits per heavy atom. The summed E-state index contributed by atoms with van der Waals surface area (Å²) in [5.74, 6) is -0.316. The summed E-state index contributed by atoms with van der Waals surface area (Å²) in [6.07, 6.45) is 0. The van der Waals surface area contributed by atoms with Gasteiger partial charge in [0.05, 0.1) is 16.3 Å². The zero-order valence-corrected chi connectivity index (χ0v) is 17.9. The van der Waals surface area contributed by atoms with E-state index in [0.717, 1.165) is 21.8 Å². The van der Waals surface area contributed by atoms with Gasteiger partial charge in [-0.15, -0.1) is 11.3 Å². The second kappa shape index (κ2) is 8.56. The van der Waals surface area contributed by atoms with Crippen molar-refractivity contribution >= 4 is 57.7 Å². The van der Waals surface area contributed by atoms with Crippen LogP contribution < -0.4 is 5.32 Å². The van der Waals surface area contributed by atoms with Crippen LogP contribution in [0.3, 0.4) is 0 Å². The number of nitrogens with one attached hydrogen (secondary N) is 1. The molecule has 3 nitrogen and oxygen atoms in total. The van der Waals surface area contributed by atoms with E-state index in [9.17, 15) is 4.79 Å². The van der Waals surface area contributed by atoms with Crippen molar-refractivity contribution in [2.24, 2.45) is 0 Å². The number of carbonyl (C=O) groups excluding carboxylic acids is 1. The molecule has 4 rings (SSSR count). The molecule has 0 aliphatic heterocycles. The predicted octanol–water partition coefficient (Wildman–Crippen LogP) is 7.69. The van der Waals surface area contributed by atoms with Crippen LogP contribution in [0.4, 0.5) is 5.69 Å². The molecule has 0 bridgehead atoms. The lowest BCUT2D eigenvalue weighted by atomic mass is 10.1. The highest BCUT2D eigenvalue weighted by atomic mass is 35.5. The summed E-state index contributed by atoms with van der Waals surface area (Å²) < 4.78 is 0. The fraction of sp³-hybridized carbons (Fsp3) is 0. The number of amides is 1. The summed E-state index contributed by atoms with van der Waals surface area (Å²) in [5.41, 5.74) is 3.84. The van der Waals surface area contributed by atoms with Crippen LogP contribution in [0.5, 0.6) is 0 Å². The van der Waals surface area contributed by atoms with Crippen LogP contribution in [0.25, 0.3) is 21.8 Å². The van der Waals surface area contributed by atoms with E-state index in [1.54, 1.807) is 29.5 Å². The van der Waals surface area contributed by atoms with Gasteiger partial charge in [-0.2, -0.15) is 0 Å². The molecule has 29 heavy (non-hydrogen) atoms. The number of anilines is 1. The Morgan fingerprint density at radius 2 is 1.48 bits per heavy atom. The molecule has 1 amide bonds. The first-order valence-electron chi connectivity index (χ1n) is 8.58. The minimum atomic E-state index is -0.316. The first-order valence-corrected chi connectivity index (χ1v) is 10.6. The Balaban J connectivity index is 1.50. The fourth-order valence-electron chi connectivity index (χ4n) is 2.73. The second-order valence-corrected chi connectivity index (χ2v) is 8.34. The van der Waals surface area contributed by atoms with Crippen LogP contribution in [0, 0.1) is 0 Å². The third-order valence-electron chi connectivity index (χ3n) is 4.21. The van der Waals surface area contributed by atoms with Crippen LogP contribution >= 0.6 is 46.1 Å². The van der Waals surface area contributed by atoms with Gasteiger partial charge in [0.15, 0.2) is 0 Å². The number of halogens is 3. The van der Waals surface area contributed by atoms with Gasteiger partial charge in [0.1, 0.15) is 5.01 Å². The largest absolute Gasteiger partial charge is 0.322 e. The van der Waals surface area contributed by atoms with Gasteiger partial charge in [0.25, 0.3) is 5.91 Å². The molecule has 1 heterocycles. The van der Waals surface area contributed by atoms with E-state index in [1.807, 2.05) is 53.9 Å². The van der Waals surface area contributed by atoms with Gasteiger partial charge in [0, 0.05) is 32.2 Å². The second-order valence-electron chi connectivity index (χ2n) is 6.20. The van der Waals surface area contributed by atoms with Crippen molar-refractivity contribution in [3.05, 3.63) is 92.7 Å². The van der Waals surface area contributed by atoms with E-state index in [4.69, 9.17) is 39.8 Å². The Labute approximate surface area is 186 Å². The predicted molar refractivity (Wildman–Crippen MR) is 122 cm³/mol. The third kappa shape index (κ3) is 4.62. The highest BCUT2D eigenvalue weighted by molar-refractivity contribution is 7.13. The quantitative estimate of drug-likeness (QED) is 0.340. The topological polar surface area (TPSA) is 42.0 Å². The molecular weight excluding hydrogens is 447 g/mol. The van der Waals surface area contributed by atoms with Crippen molar-refractivity contribution in [1.29, 1.82) is 0 Å². The first kappa shape index (κ1) is 19.9. The minimum Gasteiger partial charge on any atom is -0.322 e. The fourth-order valence-corrected chi connectivity index (χ4v) is 4.06. The molecule has 1 N–H and O–H groups in total. The zero-order valence-electron chi connectivity index (χ0n) is 14.8. The number of benzene rings is 3. The van der Waals surface area contributed by atoms with E-state index < -0.39 is 0 Å². The van der Waals surface area contributed by atoms with Crippen molar-refractivity contribution in [1.82, 2.24) is 4.98 Å². The van der Waals surface area contributed by atoms with E-state index in [1.165, 1.54) is 0 Å². The van der Waals surface area contributed by atoms with Gasteiger partial charge in [-0.05, 0) is 42.5 Å². The summed E-state index contributed by atoms with van der Waals surface area (Å²) >= 11 is 19.6. The maximum absolute atomic E-state index is 12.5. The molecule has 3 aromatic carbocycles. The molecule has 0 spiro atoms. The van der Waals surface area contributed by atoms with Gasteiger partial charge in [-0.25, -0.2) is 4.98 Å². The summed E-state index contributed by atoms with van der Waals surface area (Å²) in [7, 11) is 0. The maximum atomic E-state index is 12.5. The van der Waals surface area contributed by atoms with E-state index in [0.29, 0.717) is 26.3 Å². The van der Waals surface area contributed by atoms with Crippen molar-refractivity contribution in [2.75, 3.05) is 5.32 Å². The number of hydrogen-bond acceptors (Lipinski definition) is 3. The van der Waals surface area contributed by atoms with Crippen LogP contribution in [-0.2, 0) is 0 Å². The molecule has 0 radical (unpaired) electrons. The molecule has 0 fully saturated rings. The van der Waals surface area contributed by atoms with Gasteiger partial charge in [-0.3, -0.25) is 4.79 Å².